The van der Waals surface area contributed by atoms with Gasteiger partial charge in [0.25, 0.3) is 0 Å². The molecule has 3 rings (SSSR count). The van der Waals surface area contributed by atoms with E-state index in [1.54, 1.807) is 0 Å². The minimum atomic E-state index is 0.626. The fourth-order valence-corrected chi connectivity index (χ4v) is 3.44. The summed E-state index contributed by atoms with van der Waals surface area (Å²) in [6, 6.07) is 2.20. The number of hydrogen-bond acceptors (Lipinski definition) is 4. The van der Waals surface area contributed by atoms with Crippen molar-refractivity contribution in [3.63, 3.8) is 0 Å². The van der Waals surface area contributed by atoms with Crippen molar-refractivity contribution in [3.05, 3.63) is 22.5 Å². The molecule has 0 radical (unpaired) electrons. The molecule has 16 heavy (non-hydrogen) atoms. The van der Waals surface area contributed by atoms with Gasteiger partial charge in [0.05, 0.1) is 11.3 Å². The zero-order valence-electron chi connectivity index (χ0n) is 8.79. The second-order valence-electron chi connectivity index (χ2n) is 3.93. The van der Waals surface area contributed by atoms with Crippen LogP contribution in [0, 0.1) is 18.3 Å². The van der Waals surface area contributed by atoms with Crippen LogP contribution in [0.3, 0.4) is 0 Å². The number of nitrogens with two attached hydrogens (primary N) is 1. The summed E-state index contributed by atoms with van der Waals surface area (Å²) in [6.07, 6.45) is 1.75. The number of nitrogen functional groups attached to an aromatic ring is 1. The van der Waals surface area contributed by atoms with E-state index in [0.29, 0.717) is 10.6 Å². The molecule has 2 heterocycles. The van der Waals surface area contributed by atoms with E-state index in [2.05, 4.69) is 16.3 Å². The van der Waals surface area contributed by atoms with Gasteiger partial charge in [-0.2, -0.15) is 10.4 Å². The van der Waals surface area contributed by atoms with Gasteiger partial charge in [-0.3, -0.25) is 5.10 Å². The Balaban J connectivity index is 2.34. The van der Waals surface area contributed by atoms with Gasteiger partial charge in [-0.1, -0.05) is 0 Å². The third-order valence-corrected chi connectivity index (χ3v) is 4.09. The van der Waals surface area contributed by atoms with Crippen molar-refractivity contribution in [1.82, 2.24) is 10.2 Å². The summed E-state index contributed by atoms with van der Waals surface area (Å²) in [5.74, 6) is 0. The maximum Gasteiger partial charge on any atom is 0.105 e. The van der Waals surface area contributed by atoms with E-state index in [4.69, 9.17) is 11.0 Å². The Labute approximate surface area is 96.7 Å². The Hall–Kier alpha value is -1.80. The predicted molar refractivity (Wildman–Crippen MR) is 63.2 cm³/mol. The third kappa shape index (κ3) is 1.05. The molecule has 3 N–H and O–H groups in total. The number of rotatable bonds is 0. The molecule has 0 saturated carbocycles. The number of fused-ring (bicyclic) bond motifs is 3. The second kappa shape index (κ2) is 3.09. The molecule has 0 atom stereocenters. The van der Waals surface area contributed by atoms with E-state index in [9.17, 15) is 0 Å². The van der Waals surface area contributed by atoms with Crippen molar-refractivity contribution in [1.29, 1.82) is 5.26 Å². The van der Waals surface area contributed by atoms with Crippen molar-refractivity contribution >= 4 is 16.3 Å². The fourth-order valence-electron chi connectivity index (χ4n) is 2.25. The SMILES string of the molecule is Cc1[nH]nc2c1-c1sc(N)c(C#N)c1CC2. The molecule has 0 aromatic carbocycles. The van der Waals surface area contributed by atoms with Gasteiger partial charge >= 0.3 is 0 Å². The average Bonchev–Trinajstić information content (AvgIpc) is 2.78. The molecule has 0 fully saturated rings. The van der Waals surface area contributed by atoms with Gasteiger partial charge in [0.1, 0.15) is 11.1 Å². The summed E-state index contributed by atoms with van der Waals surface area (Å²) in [6.45, 7) is 2.00. The average molecular weight is 230 g/mol. The molecule has 0 amide bonds. The smallest absolute Gasteiger partial charge is 0.105 e. The molecule has 0 unspecified atom stereocenters. The number of hydrogen-bond donors (Lipinski definition) is 2. The highest BCUT2D eigenvalue weighted by Gasteiger charge is 2.26. The standard InChI is InChI=1S/C11H10N4S/c1-5-9-8(15-14-5)3-2-6-7(4-12)11(13)16-10(6)9/h2-3,13H2,1H3,(H,14,15). The number of nitriles is 1. The third-order valence-electron chi connectivity index (χ3n) is 3.01. The number of thiophene rings is 1. The molecule has 0 saturated heterocycles. The fraction of sp³-hybridized carbons (Fsp3) is 0.273. The number of nitrogens with one attached hydrogen (secondary N) is 1. The van der Waals surface area contributed by atoms with Gasteiger partial charge < -0.3 is 5.73 Å². The highest BCUT2D eigenvalue weighted by atomic mass is 32.1. The number of nitrogens with zero attached hydrogens (tertiary/aromatic N) is 2. The van der Waals surface area contributed by atoms with Crippen molar-refractivity contribution in [2.75, 3.05) is 5.73 Å². The van der Waals surface area contributed by atoms with E-state index in [-0.39, 0.29) is 0 Å². The highest BCUT2D eigenvalue weighted by Crippen LogP contribution is 2.44. The van der Waals surface area contributed by atoms with Crippen LogP contribution in [0.4, 0.5) is 5.00 Å². The molecule has 4 nitrogen and oxygen atoms in total. The number of aromatic nitrogens is 2. The number of anilines is 1. The summed E-state index contributed by atoms with van der Waals surface area (Å²) in [7, 11) is 0. The summed E-state index contributed by atoms with van der Waals surface area (Å²) in [5, 5.41) is 17.0. The maximum absolute atomic E-state index is 9.08. The van der Waals surface area contributed by atoms with Crippen LogP contribution in [0.1, 0.15) is 22.5 Å². The van der Waals surface area contributed by atoms with Crippen molar-refractivity contribution < 1.29 is 0 Å². The molecule has 0 bridgehead atoms. The Morgan fingerprint density at radius 1 is 1.50 bits per heavy atom. The highest BCUT2D eigenvalue weighted by molar-refractivity contribution is 7.19. The van der Waals surface area contributed by atoms with Gasteiger partial charge in [0.15, 0.2) is 0 Å². The number of aryl methyl sites for hydroxylation is 2. The van der Waals surface area contributed by atoms with Crippen LogP contribution in [0.25, 0.3) is 10.4 Å². The minimum absolute atomic E-state index is 0.626. The van der Waals surface area contributed by atoms with E-state index < -0.39 is 0 Å². The van der Waals surface area contributed by atoms with Crippen molar-refractivity contribution in [2.45, 2.75) is 19.8 Å². The molecule has 5 heteroatoms. The molecule has 2 aromatic rings. The Morgan fingerprint density at radius 2 is 2.31 bits per heavy atom. The maximum atomic E-state index is 9.08. The Kier molecular flexibility index (Phi) is 1.82. The Morgan fingerprint density at radius 3 is 3.06 bits per heavy atom. The topological polar surface area (TPSA) is 78.5 Å². The van der Waals surface area contributed by atoms with Crippen molar-refractivity contribution in [2.24, 2.45) is 0 Å². The van der Waals surface area contributed by atoms with Crippen LogP contribution in [-0.2, 0) is 12.8 Å². The molecule has 1 aliphatic carbocycles. The van der Waals surface area contributed by atoms with Crippen LogP contribution >= 0.6 is 11.3 Å². The lowest BCUT2D eigenvalue weighted by Gasteiger charge is -2.11. The number of aromatic amines is 1. The first-order valence-electron chi connectivity index (χ1n) is 5.07. The normalized spacial score (nSPS) is 13.0. The summed E-state index contributed by atoms with van der Waals surface area (Å²) >= 11 is 1.50. The molecule has 0 spiro atoms. The first-order chi connectivity index (χ1) is 7.72. The van der Waals surface area contributed by atoms with Crippen molar-refractivity contribution in [3.8, 4) is 16.5 Å². The van der Waals surface area contributed by atoms with Gasteiger partial charge in [-0.25, -0.2) is 0 Å². The lowest BCUT2D eigenvalue weighted by atomic mass is 9.93. The minimum Gasteiger partial charge on any atom is -0.389 e. The zero-order chi connectivity index (χ0) is 11.3. The zero-order valence-corrected chi connectivity index (χ0v) is 9.61. The van der Waals surface area contributed by atoms with E-state index >= 15 is 0 Å². The molecule has 0 aliphatic heterocycles. The first kappa shape index (κ1) is 9.43. The Bertz CT molecular complexity index is 615. The monoisotopic (exact) mass is 230 g/mol. The van der Waals surface area contributed by atoms with Gasteiger partial charge in [0, 0.05) is 16.1 Å². The van der Waals surface area contributed by atoms with E-state index in [1.165, 1.54) is 11.3 Å². The van der Waals surface area contributed by atoms with E-state index in [1.807, 2.05) is 6.92 Å². The second-order valence-corrected chi connectivity index (χ2v) is 4.98. The molecule has 80 valence electrons. The molecular weight excluding hydrogens is 220 g/mol. The molecule has 1 aliphatic rings. The lowest BCUT2D eigenvalue weighted by Crippen LogP contribution is -2.02. The van der Waals surface area contributed by atoms with Crippen LogP contribution in [0.5, 0.6) is 0 Å². The van der Waals surface area contributed by atoms with Gasteiger partial charge in [-0.05, 0) is 25.3 Å². The lowest BCUT2D eigenvalue weighted by molar-refractivity contribution is 0.883. The van der Waals surface area contributed by atoms with Gasteiger partial charge in [0.2, 0.25) is 0 Å². The van der Waals surface area contributed by atoms with Crippen LogP contribution in [0.15, 0.2) is 0 Å². The number of H-pyrrole nitrogens is 1. The largest absolute Gasteiger partial charge is 0.389 e. The molecular formula is C11H10N4S. The predicted octanol–water partition coefficient (Wildman–Crippen LogP) is 2.00. The van der Waals surface area contributed by atoms with E-state index in [0.717, 1.165) is 40.2 Å². The summed E-state index contributed by atoms with van der Waals surface area (Å²) in [5.41, 5.74) is 10.9. The first-order valence-corrected chi connectivity index (χ1v) is 5.89. The van der Waals surface area contributed by atoms with Gasteiger partial charge in [-0.15, -0.1) is 11.3 Å². The van der Waals surface area contributed by atoms with Crippen LogP contribution in [-0.4, -0.2) is 10.2 Å². The van der Waals surface area contributed by atoms with Crippen LogP contribution in [0.2, 0.25) is 0 Å². The summed E-state index contributed by atoms with van der Waals surface area (Å²) in [4.78, 5) is 1.13. The quantitative estimate of drug-likeness (QED) is 0.726. The summed E-state index contributed by atoms with van der Waals surface area (Å²) < 4.78 is 0. The van der Waals surface area contributed by atoms with Crippen LogP contribution < -0.4 is 5.73 Å². The molecule has 2 aromatic heterocycles.